The van der Waals surface area contributed by atoms with Crippen LogP contribution in [0.4, 0.5) is 14.5 Å². The second kappa shape index (κ2) is 7.71. The number of halogens is 2. The summed E-state index contributed by atoms with van der Waals surface area (Å²) < 4.78 is 36.0. The molecule has 0 saturated carbocycles. The van der Waals surface area contributed by atoms with Crippen molar-refractivity contribution in [3.05, 3.63) is 54.1 Å². The molecule has 0 N–H and O–H groups in total. The Balaban J connectivity index is 1.70. The molecule has 0 aliphatic carbocycles. The number of hydrogen-bond acceptors (Lipinski definition) is 6. The number of pyridine rings is 1. The van der Waals surface area contributed by atoms with Crippen LogP contribution in [0.3, 0.4) is 0 Å². The number of alkyl halides is 1. The van der Waals surface area contributed by atoms with E-state index in [1.54, 1.807) is 29.8 Å². The highest BCUT2D eigenvalue weighted by Crippen LogP contribution is 2.41. The molecule has 0 bridgehead atoms. The summed E-state index contributed by atoms with van der Waals surface area (Å²) in [5, 5.41) is 17.4. The van der Waals surface area contributed by atoms with Gasteiger partial charge < -0.3 is 14.2 Å². The highest BCUT2D eigenvalue weighted by molar-refractivity contribution is 5.83. The minimum Gasteiger partial charge on any atom is -0.492 e. The van der Waals surface area contributed by atoms with Crippen LogP contribution in [-0.4, -0.2) is 39.9 Å². The molecule has 1 saturated heterocycles. The first kappa shape index (κ1) is 19.8. The zero-order valence-corrected chi connectivity index (χ0v) is 16.6. The summed E-state index contributed by atoms with van der Waals surface area (Å²) >= 11 is 0. The van der Waals surface area contributed by atoms with Crippen molar-refractivity contribution in [1.82, 2.24) is 19.7 Å². The van der Waals surface area contributed by atoms with E-state index in [0.717, 1.165) is 0 Å². The van der Waals surface area contributed by atoms with Crippen LogP contribution in [0, 0.1) is 17.3 Å². The Kier molecular flexibility index (Phi) is 5.08. The number of ether oxygens (including phenoxy) is 1. The number of anilines is 1. The quantitative estimate of drug-likeness (QED) is 0.614. The van der Waals surface area contributed by atoms with E-state index >= 15 is 4.39 Å². The van der Waals surface area contributed by atoms with Crippen LogP contribution in [-0.2, 0) is 12.7 Å². The topological polar surface area (TPSA) is 79.9 Å². The molecule has 4 rings (SSSR count). The van der Waals surface area contributed by atoms with Crippen molar-refractivity contribution in [2.24, 2.45) is 7.05 Å². The molecule has 1 fully saturated rings. The molecule has 0 atom stereocenters. The molecular weight excluding hydrogens is 390 g/mol. The molecule has 2 aromatic heterocycles. The van der Waals surface area contributed by atoms with Gasteiger partial charge >= 0.3 is 0 Å². The van der Waals surface area contributed by atoms with Gasteiger partial charge in [-0.05, 0) is 12.1 Å². The van der Waals surface area contributed by atoms with Crippen molar-refractivity contribution >= 4 is 5.69 Å². The Morgan fingerprint density at radius 1 is 1.27 bits per heavy atom. The monoisotopic (exact) mass is 410 g/mol. The first-order valence-electron chi connectivity index (χ1n) is 9.48. The number of nitrogens with zero attached hydrogens (tertiary/aromatic N) is 6. The van der Waals surface area contributed by atoms with E-state index in [4.69, 9.17) is 4.74 Å². The van der Waals surface area contributed by atoms with Gasteiger partial charge in [-0.15, -0.1) is 10.2 Å². The third-order valence-electron chi connectivity index (χ3n) is 5.48. The summed E-state index contributed by atoms with van der Waals surface area (Å²) in [4.78, 5) is 5.75. The SMILES string of the molecule is COc1cc(-c2cccc(C#N)c2N2CCC(F)(c3nncn3C)CC2)cnc1F. The predicted molar refractivity (Wildman–Crippen MR) is 106 cm³/mol. The minimum absolute atomic E-state index is 0.0181. The Bertz CT molecular complexity index is 1110. The summed E-state index contributed by atoms with van der Waals surface area (Å²) in [5.74, 6) is -0.379. The number of hydrogen-bond donors (Lipinski definition) is 0. The highest BCUT2D eigenvalue weighted by Gasteiger charge is 2.40. The Morgan fingerprint density at radius 3 is 2.67 bits per heavy atom. The van der Waals surface area contributed by atoms with E-state index in [9.17, 15) is 9.65 Å². The lowest BCUT2D eigenvalue weighted by atomic mass is 9.90. The van der Waals surface area contributed by atoms with Gasteiger partial charge in [0.25, 0.3) is 5.95 Å². The van der Waals surface area contributed by atoms with Gasteiger partial charge in [-0.3, -0.25) is 0 Å². The first-order chi connectivity index (χ1) is 14.5. The Hall–Kier alpha value is -3.54. The molecule has 1 aromatic carbocycles. The van der Waals surface area contributed by atoms with E-state index in [0.29, 0.717) is 41.3 Å². The van der Waals surface area contributed by atoms with Crippen LogP contribution < -0.4 is 9.64 Å². The number of para-hydroxylation sites is 1. The maximum Gasteiger partial charge on any atom is 0.255 e. The van der Waals surface area contributed by atoms with Gasteiger partial charge in [0.2, 0.25) is 0 Å². The van der Waals surface area contributed by atoms with E-state index < -0.39 is 11.6 Å². The van der Waals surface area contributed by atoms with Gasteiger partial charge in [0.15, 0.2) is 17.2 Å². The number of nitriles is 1. The summed E-state index contributed by atoms with van der Waals surface area (Å²) in [5.41, 5.74) is 0.885. The third-order valence-corrected chi connectivity index (χ3v) is 5.48. The number of benzene rings is 1. The van der Waals surface area contributed by atoms with Crippen LogP contribution in [0.1, 0.15) is 24.2 Å². The molecule has 0 radical (unpaired) electrons. The van der Waals surface area contributed by atoms with Crippen molar-refractivity contribution in [2.75, 3.05) is 25.1 Å². The predicted octanol–water partition coefficient (Wildman–Crippen LogP) is 3.36. The third kappa shape index (κ3) is 3.34. The number of rotatable bonds is 4. The van der Waals surface area contributed by atoms with E-state index in [1.807, 2.05) is 11.0 Å². The van der Waals surface area contributed by atoms with Crippen molar-refractivity contribution in [1.29, 1.82) is 5.26 Å². The normalized spacial score (nSPS) is 15.6. The van der Waals surface area contributed by atoms with Crippen molar-refractivity contribution in [3.63, 3.8) is 0 Å². The molecule has 154 valence electrons. The summed E-state index contributed by atoms with van der Waals surface area (Å²) in [7, 11) is 3.09. The zero-order chi connectivity index (χ0) is 21.3. The second-order valence-electron chi connectivity index (χ2n) is 7.25. The van der Waals surface area contributed by atoms with Crippen LogP contribution in [0.5, 0.6) is 5.75 Å². The van der Waals surface area contributed by atoms with Gasteiger partial charge in [-0.1, -0.05) is 12.1 Å². The molecule has 0 amide bonds. The number of aromatic nitrogens is 4. The summed E-state index contributed by atoms with van der Waals surface area (Å²) in [6.45, 7) is 0.779. The largest absolute Gasteiger partial charge is 0.492 e. The fraction of sp³-hybridized carbons (Fsp3) is 0.333. The summed E-state index contributed by atoms with van der Waals surface area (Å²) in [6.07, 6.45) is 3.31. The Labute approximate surface area is 172 Å². The van der Waals surface area contributed by atoms with Crippen LogP contribution >= 0.6 is 0 Å². The van der Waals surface area contributed by atoms with Crippen LogP contribution in [0.15, 0.2) is 36.8 Å². The van der Waals surface area contributed by atoms with Crippen molar-refractivity contribution in [3.8, 4) is 22.9 Å². The van der Waals surface area contributed by atoms with E-state index in [-0.39, 0.29) is 18.6 Å². The standard InChI is InChI=1S/C21H20F2N6O/c1-28-13-26-27-20(28)21(23)6-8-29(9-7-21)18-14(11-24)4-3-5-16(18)15-10-17(30-2)19(22)25-12-15/h3-5,10,12-13H,6-9H2,1-2H3. The molecular formula is C21H20F2N6O. The lowest BCUT2D eigenvalue weighted by Gasteiger charge is -2.38. The molecule has 9 heteroatoms. The Morgan fingerprint density at radius 2 is 2.03 bits per heavy atom. The number of piperidine rings is 1. The van der Waals surface area contributed by atoms with E-state index in [2.05, 4.69) is 21.3 Å². The van der Waals surface area contributed by atoms with Crippen molar-refractivity contribution < 1.29 is 13.5 Å². The molecule has 3 heterocycles. The van der Waals surface area contributed by atoms with Crippen LogP contribution in [0.2, 0.25) is 0 Å². The van der Waals surface area contributed by atoms with Crippen LogP contribution in [0.25, 0.3) is 11.1 Å². The second-order valence-corrected chi connectivity index (χ2v) is 7.25. The molecule has 0 spiro atoms. The molecule has 7 nitrogen and oxygen atoms in total. The average molecular weight is 410 g/mol. The maximum absolute atomic E-state index is 15.6. The fourth-order valence-corrected chi connectivity index (χ4v) is 3.92. The summed E-state index contributed by atoms with van der Waals surface area (Å²) in [6, 6.07) is 9.07. The van der Waals surface area contributed by atoms with E-state index in [1.165, 1.54) is 19.6 Å². The van der Waals surface area contributed by atoms with Gasteiger partial charge in [0.05, 0.1) is 18.4 Å². The molecule has 0 unspecified atom stereocenters. The van der Waals surface area contributed by atoms with Gasteiger partial charge in [0.1, 0.15) is 12.4 Å². The minimum atomic E-state index is -1.58. The number of aryl methyl sites for hydroxylation is 1. The molecule has 30 heavy (non-hydrogen) atoms. The van der Waals surface area contributed by atoms with Gasteiger partial charge in [-0.2, -0.15) is 9.65 Å². The fourth-order valence-electron chi connectivity index (χ4n) is 3.92. The van der Waals surface area contributed by atoms with Gasteiger partial charge in [0, 0.05) is 50.3 Å². The lowest BCUT2D eigenvalue weighted by Crippen LogP contribution is -2.42. The highest BCUT2D eigenvalue weighted by atomic mass is 19.1. The van der Waals surface area contributed by atoms with Gasteiger partial charge in [-0.25, -0.2) is 9.37 Å². The lowest BCUT2D eigenvalue weighted by molar-refractivity contribution is 0.109. The molecule has 3 aromatic rings. The zero-order valence-electron chi connectivity index (χ0n) is 16.6. The molecule has 1 aliphatic rings. The van der Waals surface area contributed by atoms with Crippen molar-refractivity contribution in [2.45, 2.75) is 18.5 Å². The first-order valence-corrected chi connectivity index (χ1v) is 9.48. The molecule has 1 aliphatic heterocycles. The smallest absolute Gasteiger partial charge is 0.255 e. The number of methoxy groups -OCH3 is 1. The average Bonchev–Trinajstić information content (AvgIpc) is 3.21. The maximum atomic E-state index is 15.6.